The molecule has 2 aliphatic heterocycles. The molecule has 0 bridgehead atoms. The highest BCUT2D eigenvalue weighted by atomic mass is 127. The molecule has 1 fully saturated rings. The van der Waals surface area contributed by atoms with Crippen molar-refractivity contribution >= 4 is 53.1 Å². The maximum absolute atomic E-state index is 13.2. The third-order valence-electron chi connectivity index (χ3n) is 8.29. The van der Waals surface area contributed by atoms with Gasteiger partial charge in [0.1, 0.15) is 18.4 Å². The normalized spacial score (nSPS) is 20.1. The number of hydroxylamine groups is 2. The summed E-state index contributed by atoms with van der Waals surface area (Å²) in [4.78, 5) is 59.9. The van der Waals surface area contributed by atoms with Crippen LogP contribution in [0, 0.1) is 3.57 Å². The van der Waals surface area contributed by atoms with Crippen molar-refractivity contribution in [1.82, 2.24) is 14.6 Å². The summed E-state index contributed by atoms with van der Waals surface area (Å²) in [5, 5.41) is 2.60. The Kier molecular flexibility index (Phi) is 8.52. The number of nitrogens with one attached hydrogen (secondary N) is 1. The summed E-state index contributed by atoms with van der Waals surface area (Å²) in [6, 6.07) is 26.8. The van der Waals surface area contributed by atoms with Crippen LogP contribution in [0.5, 0.6) is 0 Å². The number of halogens is 1. The van der Waals surface area contributed by atoms with Crippen molar-refractivity contribution in [2.45, 2.75) is 50.7 Å². The summed E-state index contributed by atoms with van der Waals surface area (Å²) in [7, 11) is -3.00. The van der Waals surface area contributed by atoms with E-state index in [1.165, 1.54) is 10.8 Å². The number of nitrogens with zero attached hydrogens (tertiary/aromatic N) is 2. The zero-order valence-corrected chi connectivity index (χ0v) is 28.1. The lowest BCUT2D eigenvalue weighted by Gasteiger charge is -2.43. The molecular weight excluding hydrogens is 705 g/mol. The molecule has 6 rings (SSSR count). The standard InChI is InChI=1S/C33H32IN3O7Si/c1-33(2,3)45(21-12-6-4-7-13-21,22-14-8-5-9-15-22)42-20-27-26(18-28(43-27)36-19-25(34)29(38)35-32(36)41)44-37-30(39)23-16-10-11-17-24(23)31(37)40/h4-17,19,26-28H,18,20H2,1-3H3,(H,35,38,41)/t26?,27-,28-/m1/s1. The highest BCUT2D eigenvalue weighted by Crippen LogP contribution is 2.39. The fraction of sp³-hybridized carbons (Fsp3) is 0.273. The van der Waals surface area contributed by atoms with Crippen molar-refractivity contribution in [3.8, 4) is 0 Å². The summed E-state index contributed by atoms with van der Waals surface area (Å²) >= 11 is 1.85. The number of H-pyrrole nitrogens is 1. The minimum Gasteiger partial charge on any atom is -0.405 e. The molecule has 0 spiro atoms. The lowest BCUT2D eigenvalue weighted by molar-refractivity contribution is -0.154. The summed E-state index contributed by atoms with van der Waals surface area (Å²) in [6.45, 7) is 6.52. The highest BCUT2D eigenvalue weighted by molar-refractivity contribution is 14.1. The summed E-state index contributed by atoms with van der Waals surface area (Å²) < 4.78 is 15.2. The third kappa shape index (κ3) is 5.65. The number of carbonyl (C=O) groups excluding carboxylic acids is 2. The lowest BCUT2D eigenvalue weighted by atomic mass is 10.1. The predicted octanol–water partition coefficient (Wildman–Crippen LogP) is 3.60. The summed E-state index contributed by atoms with van der Waals surface area (Å²) in [5.74, 6) is -1.14. The second-order valence-corrected chi connectivity index (χ2v) is 17.5. The second kappa shape index (κ2) is 12.2. The molecule has 2 aliphatic rings. The van der Waals surface area contributed by atoms with Gasteiger partial charge in [-0.05, 0) is 50.1 Å². The van der Waals surface area contributed by atoms with Gasteiger partial charge >= 0.3 is 5.69 Å². The van der Waals surface area contributed by atoms with Crippen LogP contribution < -0.4 is 21.6 Å². The average molecular weight is 738 g/mol. The van der Waals surface area contributed by atoms with E-state index >= 15 is 0 Å². The van der Waals surface area contributed by atoms with Crippen molar-refractivity contribution in [3.63, 3.8) is 0 Å². The van der Waals surface area contributed by atoms with E-state index in [-0.39, 0.29) is 29.2 Å². The summed E-state index contributed by atoms with van der Waals surface area (Å²) in [6.07, 6.45) is -0.929. The number of carbonyl (C=O) groups is 2. The van der Waals surface area contributed by atoms with E-state index in [0.717, 1.165) is 15.4 Å². The Bertz CT molecular complexity index is 1780. The molecule has 0 saturated carbocycles. The molecule has 1 unspecified atom stereocenters. The maximum atomic E-state index is 13.2. The number of amides is 2. The first kappa shape index (κ1) is 31.3. The topological polar surface area (TPSA) is 120 Å². The van der Waals surface area contributed by atoms with E-state index in [9.17, 15) is 19.2 Å². The first-order chi connectivity index (χ1) is 21.5. The highest BCUT2D eigenvalue weighted by Gasteiger charge is 2.52. The van der Waals surface area contributed by atoms with Crippen LogP contribution >= 0.6 is 22.6 Å². The fourth-order valence-electron chi connectivity index (χ4n) is 6.17. The van der Waals surface area contributed by atoms with E-state index in [2.05, 4.69) is 50.0 Å². The molecule has 0 radical (unpaired) electrons. The van der Waals surface area contributed by atoms with E-state index in [1.807, 2.05) is 59.0 Å². The lowest BCUT2D eigenvalue weighted by Crippen LogP contribution is -2.67. The number of hydrogen-bond donors (Lipinski definition) is 1. The molecule has 45 heavy (non-hydrogen) atoms. The minimum absolute atomic E-state index is 0.0484. The molecule has 1 aromatic heterocycles. The Labute approximate surface area is 274 Å². The van der Waals surface area contributed by atoms with E-state index in [0.29, 0.717) is 3.57 Å². The molecular formula is C33H32IN3O7Si. The number of ether oxygens (including phenoxy) is 1. The monoisotopic (exact) mass is 737 g/mol. The molecule has 12 heteroatoms. The van der Waals surface area contributed by atoms with Crippen LogP contribution in [0.15, 0.2) is 101 Å². The van der Waals surface area contributed by atoms with Gasteiger partial charge in [0.05, 0.1) is 21.3 Å². The van der Waals surface area contributed by atoms with Gasteiger partial charge in [-0.3, -0.25) is 28.8 Å². The van der Waals surface area contributed by atoms with Crippen LogP contribution in [0.4, 0.5) is 0 Å². The predicted molar refractivity (Wildman–Crippen MR) is 178 cm³/mol. The molecule has 1 N–H and O–H groups in total. The van der Waals surface area contributed by atoms with Gasteiger partial charge in [-0.2, -0.15) is 0 Å². The Morgan fingerprint density at radius 1 is 0.867 bits per heavy atom. The molecule has 1 saturated heterocycles. The number of aromatic nitrogens is 2. The van der Waals surface area contributed by atoms with Crippen molar-refractivity contribution < 1.29 is 23.6 Å². The minimum atomic E-state index is -3.00. The largest absolute Gasteiger partial charge is 0.405 e. The van der Waals surface area contributed by atoms with Crippen LogP contribution in [0.1, 0.15) is 54.1 Å². The third-order valence-corrected chi connectivity index (χ3v) is 14.1. The Hall–Kier alpha value is -3.69. The molecule has 232 valence electrons. The van der Waals surface area contributed by atoms with Gasteiger partial charge in [0.15, 0.2) is 0 Å². The molecule has 3 atom stereocenters. The van der Waals surface area contributed by atoms with Crippen LogP contribution in [0.25, 0.3) is 0 Å². The SMILES string of the molecule is CC(C)(C)[Si](OC[C@H]1O[C@@H](n2cc(I)c(=O)[nH]c2=O)CC1ON1C(=O)c2ccccc2C1=O)(c1ccccc1)c1ccccc1. The first-order valence-corrected chi connectivity index (χ1v) is 17.6. The van der Waals surface area contributed by atoms with Crippen molar-refractivity contribution in [2.75, 3.05) is 6.61 Å². The van der Waals surface area contributed by atoms with Crippen molar-refractivity contribution in [1.29, 1.82) is 0 Å². The maximum Gasteiger partial charge on any atom is 0.330 e. The first-order valence-electron chi connectivity index (χ1n) is 14.6. The van der Waals surface area contributed by atoms with Crippen LogP contribution in [0.2, 0.25) is 5.04 Å². The molecule has 0 aliphatic carbocycles. The molecule has 2 amide bonds. The summed E-state index contributed by atoms with van der Waals surface area (Å²) in [5.41, 5.74) is -0.632. The van der Waals surface area contributed by atoms with Crippen LogP contribution in [0.3, 0.4) is 0 Å². The Balaban J connectivity index is 1.37. The number of fused-ring (bicyclic) bond motifs is 1. The molecule has 3 aromatic carbocycles. The fourth-order valence-corrected chi connectivity index (χ4v) is 11.2. The van der Waals surface area contributed by atoms with Crippen molar-refractivity contribution in [2.24, 2.45) is 0 Å². The van der Waals surface area contributed by atoms with Crippen molar-refractivity contribution in [3.05, 3.63) is 127 Å². The smallest absolute Gasteiger partial charge is 0.330 e. The molecule has 3 heterocycles. The van der Waals surface area contributed by atoms with Gasteiger partial charge < -0.3 is 9.16 Å². The van der Waals surface area contributed by atoms with Gasteiger partial charge in [-0.1, -0.05) is 93.6 Å². The van der Waals surface area contributed by atoms with Crippen LogP contribution in [-0.4, -0.2) is 53.6 Å². The number of aromatic amines is 1. The van der Waals surface area contributed by atoms with Gasteiger partial charge in [0.2, 0.25) is 0 Å². The van der Waals surface area contributed by atoms with Gasteiger partial charge in [0, 0.05) is 12.6 Å². The van der Waals surface area contributed by atoms with E-state index < -0.39 is 49.8 Å². The number of rotatable bonds is 8. The molecule has 4 aromatic rings. The Morgan fingerprint density at radius 2 is 1.40 bits per heavy atom. The molecule has 10 nitrogen and oxygen atoms in total. The quantitative estimate of drug-likeness (QED) is 0.167. The van der Waals surface area contributed by atoms with Crippen LogP contribution in [-0.2, 0) is 14.0 Å². The number of imide groups is 1. The zero-order chi connectivity index (χ0) is 31.9. The van der Waals surface area contributed by atoms with Gasteiger partial charge in [0.25, 0.3) is 25.7 Å². The van der Waals surface area contributed by atoms with E-state index in [1.54, 1.807) is 24.3 Å². The van der Waals surface area contributed by atoms with E-state index in [4.69, 9.17) is 14.0 Å². The number of hydrogen-bond acceptors (Lipinski definition) is 7. The van der Waals surface area contributed by atoms with Gasteiger partial charge in [-0.15, -0.1) is 5.06 Å². The average Bonchev–Trinajstić information content (AvgIpc) is 3.54. The number of benzene rings is 3. The zero-order valence-electron chi connectivity index (χ0n) is 24.9. The second-order valence-electron chi connectivity index (χ2n) is 12.1. The Morgan fingerprint density at radius 3 is 1.93 bits per heavy atom. The van der Waals surface area contributed by atoms with Gasteiger partial charge in [-0.25, -0.2) is 4.79 Å².